The third kappa shape index (κ3) is 10.3. The fourth-order valence-electron chi connectivity index (χ4n) is 4.24. The van der Waals surface area contributed by atoms with E-state index in [-0.39, 0.29) is 5.75 Å². The lowest BCUT2D eigenvalue weighted by Gasteiger charge is -2.11. The van der Waals surface area contributed by atoms with E-state index >= 15 is 0 Å². The van der Waals surface area contributed by atoms with Crippen molar-refractivity contribution in [3.63, 3.8) is 0 Å². The molecule has 0 N–H and O–H groups in total. The molecule has 1 nitrogen and oxygen atoms in total. The van der Waals surface area contributed by atoms with Crippen LogP contribution in [0, 0.1) is 11.6 Å². The molecule has 0 aromatic heterocycles. The van der Waals surface area contributed by atoms with Crippen molar-refractivity contribution in [3.05, 3.63) is 53.6 Å². The van der Waals surface area contributed by atoms with Gasteiger partial charge in [-0.15, -0.1) is 0 Å². The van der Waals surface area contributed by atoms with Crippen LogP contribution in [0.5, 0.6) is 5.75 Å². The van der Waals surface area contributed by atoms with Gasteiger partial charge >= 0.3 is 0 Å². The van der Waals surface area contributed by atoms with Crippen LogP contribution < -0.4 is 4.74 Å². The number of halogens is 2. The highest BCUT2D eigenvalue weighted by molar-refractivity contribution is 5.65. The second-order valence-corrected chi connectivity index (χ2v) is 9.28. The lowest BCUT2D eigenvalue weighted by Crippen LogP contribution is -2.01. The molecule has 0 bridgehead atoms. The van der Waals surface area contributed by atoms with Crippen LogP contribution in [-0.4, -0.2) is 6.61 Å². The predicted molar refractivity (Wildman–Crippen MR) is 137 cm³/mol. The van der Waals surface area contributed by atoms with Gasteiger partial charge in [0.25, 0.3) is 0 Å². The standard InChI is InChI=1S/C30H44F2O/c1-3-5-7-9-11-13-15-17-25-18-20-26(21-19-25)27-22-23-28(30(32)29(27)31)33-24-16-14-12-10-8-6-4-2/h18-23H,3-17,24H2,1-2H3. The molecule has 0 aliphatic carbocycles. The molecule has 0 aliphatic heterocycles. The average Bonchev–Trinajstić information content (AvgIpc) is 2.83. The zero-order valence-corrected chi connectivity index (χ0v) is 20.9. The van der Waals surface area contributed by atoms with Crippen LogP contribution in [0.1, 0.15) is 109 Å². The zero-order valence-electron chi connectivity index (χ0n) is 20.9. The first-order chi connectivity index (χ1) is 16.2. The van der Waals surface area contributed by atoms with Gasteiger partial charge in [0.1, 0.15) is 0 Å². The highest BCUT2D eigenvalue weighted by Crippen LogP contribution is 2.30. The molecular formula is C30H44F2O. The van der Waals surface area contributed by atoms with E-state index in [9.17, 15) is 8.78 Å². The molecule has 0 unspecified atom stereocenters. The third-order valence-electron chi connectivity index (χ3n) is 6.39. The largest absolute Gasteiger partial charge is 0.490 e. The molecule has 2 aromatic carbocycles. The Bertz CT molecular complexity index is 770. The molecule has 2 aromatic rings. The Kier molecular flexibility index (Phi) is 13.8. The summed E-state index contributed by atoms with van der Waals surface area (Å²) in [6.07, 6.45) is 18.2. The first-order valence-corrected chi connectivity index (χ1v) is 13.4. The average molecular weight is 459 g/mol. The molecule has 0 aliphatic rings. The molecule has 3 heteroatoms. The first kappa shape index (κ1) is 27.3. The molecule has 0 heterocycles. The maximum absolute atomic E-state index is 14.7. The van der Waals surface area contributed by atoms with Gasteiger partial charge in [0.05, 0.1) is 6.61 Å². The van der Waals surface area contributed by atoms with Crippen LogP contribution in [0.3, 0.4) is 0 Å². The molecule has 184 valence electrons. The van der Waals surface area contributed by atoms with Gasteiger partial charge in [0, 0.05) is 5.56 Å². The minimum atomic E-state index is -0.886. The fourth-order valence-corrected chi connectivity index (χ4v) is 4.24. The number of ether oxygens (including phenoxy) is 1. The zero-order chi connectivity index (χ0) is 23.7. The van der Waals surface area contributed by atoms with Crippen molar-refractivity contribution in [1.29, 1.82) is 0 Å². The van der Waals surface area contributed by atoms with Crippen LogP contribution in [0.2, 0.25) is 0 Å². The van der Waals surface area contributed by atoms with Gasteiger partial charge in [-0.25, -0.2) is 4.39 Å². The Morgan fingerprint density at radius 2 is 1.12 bits per heavy atom. The molecule has 0 amide bonds. The Hall–Kier alpha value is -1.90. The first-order valence-electron chi connectivity index (χ1n) is 13.4. The van der Waals surface area contributed by atoms with Crippen LogP contribution in [0.25, 0.3) is 11.1 Å². The van der Waals surface area contributed by atoms with E-state index in [2.05, 4.69) is 13.8 Å². The number of rotatable bonds is 18. The van der Waals surface area contributed by atoms with Gasteiger partial charge < -0.3 is 4.74 Å². The van der Waals surface area contributed by atoms with Gasteiger partial charge in [-0.3, -0.25) is 0 Å². The topological polar surface area (TPSA) is 9.23 Å². The molecule has 0 fully saturated rings. The minimum Gasteiger partial charge on any atom is -0.490 e. The van der Waals surface area contributed by atoms with Gasteiger partial charge in [-0.1, -0.05) is 115 Å². The molecule has 0 spiro atoms. The summed E-state index contributed by atoms with van der Waals surface area (Å²) in [5.41, 5.74) is 2.24. The van der Waals surface area contributed by atoms with Crippen molar-refractivity contribution in [2.75, 3.05) is 6.61 Å². The van der Waals surface area contributed by atoms with Crippen LogP contribution in [-0.2, 0) is 6.42 Å². The van der Waals surface area contributed by atoms with Crippen molar-refractivity contribution in [2.45, 2.75) is 110 Å². The molecule has 0 radical (unpaired) electrons. The Morgan fingerprint density at radius 1 is 0.576 bits per heavy atom. The van der Waals surface area contributed by atoms with Gasteiger partial charge in [0.15, 0.2) is 11.6 Å². The Balaban J connectivity index is 1.78. The van der Waals surface area contributed by atoms with E-state index in [1.54, 1.807) is 12.1 Å². The second kappa shape index (κ2) is 16.7. The molecule has 33 heavy (non-hydrogen) atoms. The monoisotopic (exact) mass is 458 g/mol. The molecule has 2 rings (SSSR count). The van der Waals surface area contributed by atoms with Gasteiger partial charge in [-0.2, -0.15) is 4.39 Å². The SMILES string of the molecule is CCCCCCCCCOc1ccc(-c2ccc(CCCCCCCCC)cc2)c(F)c1F. The predicted octanol–water partition coefficient (Wildman–Crippen LogP) is 10.1. The summed E-state index contributed by atoms with van der Waals surface area (Å²) in [7, 11) is 0. The summed E-state index contributed by atoms with van der Waals surface area (Å²) >= 11 is 0. The minimum absolute atomic E-state index is 0.0118. The highest BCUT2D eigenvalue weighted by Gasteiger charge is 2.15. The molecule has 0 atom stereocenters. The molecular weight excluding hydrogens is 414 g/mol. The van der Waals surface area contributed by atoms with Gasteiger partial charge in [-0.05, 0) is 42.5 Å². The Morgan fingerprint density at radius 3 is 1.73 bits per heavy atom. The quantitative estimate of drug-likeness (QED) is 0.202. The van der Waals surface area contributed by atoms with Crippen LogP contribution >= 0.6 is 0 Å². The van der Waals surface area contributed by atoms with Crippen molar-refractivity contribution < 1.29 is 13.5 Å². The molecule has 0 saturated carbocycles. The number of hydrogen-bond acceptors (Lipinski definition) is 1. The second-order valence-electron chi connectivity index (χ2n) is 9.28. The third-order valence-corrected chi connectivity index (χ3v) is 6.39. The number of unbranched alkanes of at least 4 members (excludes halogenated alkanes) is 12. The maximum Gasteiger partial charge on any atom is 0.201 e. The molecule has 0 saturated heterocycles. The van der Waals surface area contributed by atoms with Crippen LogP contribution in [0.15, 0.2) is 36.4 Å². The van der Waals surface area contributed by atoms with E-state index in [4.69, 9.17) is 4.74 Å². The normalized spacial score (nSPS) is 11.2. The summed E-state index contributed by atoms with van der Waals surface area (Å²) in [6, 6.07) is 11.1. The van der Waals surface area contributed by atoms with E-state index in [0.29, 0.717) is 17.7 Å². The highest BCUT2D eigenvalue weighted by atomic mass is 19.2. The lowest BCUT2D eigenvalue weighted by molar-refractivity contribution is 0.285. The summed E-state index contributed by atoms with van der Waals surface area (Å²) in [4.78, 5) is 0. The lowest BCUT2D eigenvalue weighted by atomic mass is 10.00. The number of aryl methyl sites for hydroxylation is 1. The van der Waals surface area contributed by atoms with Gasteiger partial charge in [0.2, 0.25) is 5.82 Å². The Labute approximate surface area is 201 Å². The summed E-state index contributed by atoms with van der Waals surface area (Å²) in [5.74, 6) is -1.70. The van der Waals surface area contributed by atoms with E-state index in [1.807, 2.05) is 24.3 Å². The smallest absolute Gasteiger partial charge is 0.201 e. The van der Waals surface area contributed by atoms with Crippen molar-refractivity contribution in [3.8, 4) is 16.9 Å². The van der Waals surface area contributed by atoms with Crippen molar-refractivity contribution >= 4 is 0 Å². The van der Waals surface area contributed by atoms with Crippen molar-refractivity contribution in [2.24, 2.45) is 0 Å². The summed E-state index contributed by atoms with van der Waals surface area (Å²) < 4.78 is 34.8. The van der Waals surface area contributed by atoms with E-state index in [0.717, 1.165) is 19.3 Å². The fraction of sp³-hybridized carbons (Fsp3) is 0.600. The van der Waals surface area contributed by atoms with E-state index in [1.165, 1.54) is 82.6 Å². The van der Waals surface area contributed by atoms with Crippen molar-refractivity contribution in [1.82, 2.24) is 0 Å². The van der Waals surface area contributed by atoms with E-state index < -0.39 is 11.6 Å². The maximum atomic E-state index is 14.7. The number of hydrogen-bond donors (Lipinski definition) is 0. The number of benzene rings is 2. The van der Waals surface area contributed by atoms with Crippen LogP contribution in [0.4, 0.5) is 8.78 Å². The summed E-state index contributed by atoms with van der Waals surface area (Å²) in [5, 5.41) is 0. The summed E-state index contributed by atoms with van der Waals surface area (Å²) in [6.45, 7) is 4.88.